The van der Waals surface area contributed by atoms with Gasteiger partial charge in [-0.05, 0) is 55.2 Å². The van der Waals surface area contributed by atoms with Gasteiger partial charge in [-0.3, -0.25) is 4.79 Å². The second-order valence-corrected chi connectivity index (χ2v) is 7.59. The number of hydrogen-bond donors (Lipinski definition) is 0. The van der Waals surface area contributed by atoms with Crippen molar-refractivity contribution in [1.82, 2.24) is 4.90 Å². The molecule has 2 aliphatic heterocycles. The van der Waals surface area contributed by atoms with Gasteiger partial charge >= 0.3 is 0 Å². The summed E-state index contributed by atoms with van der Waals surface area (Å²) in [7, 11) is 1.84. The van der Waals surface area contributed by atoms with Crippen LogP contribution in [0.2, 0.25) is 0 Å². The van der Waals surface area contributed by atoms with E-state index in [4.69, 9.17) is 9.47 Å². The number of rotatable bonds is 4. The van der Waals surface area contributed by atoms with E-state index in [9.17, 15) is 4.79 Å². The highest BCUT2D eigenvalue weighted by molar-refractivity contribution is 5.94. The van der Waals surface area contributed by atoms with Crippen LogP contribution in [0, 0.1) is 0 Å². The van der Waals surface area contributed by atoms with Gasteiger partial charge in [-0.1, -0.05) is 12.1 Å². The molecular weight excluding hydrogens is 352 g/mol. The molecule has 2 aromatic carbocycles. The van der Waals surface area contributed by atoms with E-state index in [1.165, 1.54) is 24.9 Å². The monoisotopic (exact) mass is 380 g/mol. The van der Waals surface area contributed by atoms with Gasteiger partial charge in [0.15, 0.2) is 11.5 Å². The summed E-state index contributed by atoms with van der Waals surface area (Å²) in [6, 6.07) is 14.0. The fourth-order valence-corrected chi connectivity index (χ4v) is 3.83. The van der Waals surface area contributed by atoms with E-state index >= 15 is 0 Å². The number of nitrogens with zero attached hydrogens (tertiary/aromatic N) is 2. The van der Waals surface area contributed by atoms with Crippen molar-refractivity contribution >= 4 is 11.6 Å². The predicted molar refractivity (Wildman–Crippen MR) is 110 cm³/mol. The maximum Gasteiger partial charge on any atom is 0.254 e. The summed E-state index contributed by atoms with van der Waals surface area (Å²) in [5.41, 5.74) is 3.03. The average molecular weight is 380 g/mol. The highest BCUT2D eigenvalue weighted by Crippen LogP contribution is 2.31. The molecule has 1 fully saturated rings. The van der Waals surface area contributed by atoms with Gasteiger partial charge in [0.1, 0.15) is 0 Å². The maximum absolute atomic E-state index is 12.9. The van der Waals surface area contributed by atoms with E-state index in [1.807, 2.05) is 19.2 Å². The number of amides is 1. The molecule has 28 heavy (non-hydrogen) atoms. The molecule has 5 heteroatoms. The number of hydrogen-bond acceptors (Lipinski definition) is 4. The van der Waals surface area contributed by atoms with E-state index < -0.39 is 0 Å². The van der Waals surface area contributed by atoms with Crippen LogP contribution in [-0.4, -0.2) is 44.2 Å². The van der Waals surface area contributed by atoms with Crippen molar-refractivity contribution in [3.05, 3.63) is 53.6 Å². The van der Waals surface area contributed by atoms with E-state index in [0.717, 1.165) is 25.1 Å². The van der Waals surface area contributed by atoms with Gasteiger partial charge in [-0.15, -0.1) is 0 Å². The third-order valence-electron chi connectivity index (χ3n) is 5.42. The average Bonchev–Trinajstić information content (AvgIpc) is 2.99. The van der Waals surface area contributed by atoms with Crippen LogP contribution < -0.4 is 14.4 Å². The van der Waals surface area contributed by atoms with Crippen LogP contribution in [0.25, 0.3) is 0 Å². The summed E-state index contributed by atoms with van der Waals surface area (Å²) in [6.45, 7) is 4.12. The maximum atomic E-state index is 12.9. The largest absolute Gasteiger partial charge is 0.490 e. The molecule has 0 N–H and O–H groups in total. The van der Waals surface area contributed by atoms with Crippen LogP contribution in [0.3, 0.4) is 0 Å². The molecule has 2 aliphatic rings. The molecule has 1 amide bonds. The number of anilines is 1. The zero-order valence-electron chi connectivity index (χ0n) is 16.5. The Morgan fingerprint density at radius 3 is 2.39 bits per heavy atom. The fourth-order valence-electron chi connectivity index (χ4n) is 3.83. The van der Waals surface area contributed by atoms with Crippen molar-refractivity contribution in [1.29, 1.82) is 0 Å². The molecule has 0 bridgehead atoms. The summed E-state index contributed by atoms with van der Waals surface area (Å²) >= 11 is 0. The first-order chi connectivity index (χ1) is 13.7. The summed E-state index contributed by atoms with van der Waals surface area (Å²) in [4.78, 5) is 17.0. The Morgan fingerprint density at radius 2 is 1.64 bits per heavy atom. The zero-order chi connectivity index (χ0) is 19.3. The summed E-state index contributed by atoms with van der Waals surface area (Å²) in [6.07, 6.45) is 4.73. The van der Waals surface area contributed by atoms with Crippen LogP contribution >= 0.6 is 0 Å². The Kier molecular flexibility index (Phi) is 5.70. The third-order valence-corrected chi connectivity index (χ3v) is 5.42. The Hall–Kier alpha value is -2.69. The molecule has 2 heterocycles. The lowest BCUT2D eigenvalue weighted by molar-refractivity contribution is 0.0784. The molecule has 0 aliphatic carbocycles. The Morgan fingerprint density at radius 1 is 0.929 bits per heavy atom. The minimum absolute atomic E-state index is 0.0178. The molecule has 0 spiro atoms. The predicted octanol–water partition coefficient (Wildman–Crippen LogP) is 4.11. The number of piperidine rings is 1. The molecule has 2 aromatic rings. The van der Waals surface area contributed by atoms with Crippen LogP contribution in [0.5, 0.6) is 11.5 Å². The topological polar surface area (TPSA) is 42.0 Å². The van der Waals surface area contributed by atoms with Crippen molar-refractivity contribution in [3.8, 4) is 11.5 Å². The van der Waals surface area contributed by atoms with Crippen LogP contribution in [0.15, 0.2) is 42.5 Å². The van der Waals surface area contributed by atoms with Gasteiger partial charge in [0.05, 0.1) is 13.2 Å². The number of fused-ring (bicyclic) bond motifs is 1. The molecule has 1 saturated heterocycles. The van der Waals surface area contributed by atoms with Gasteiger partial charge < -0.3 is 19.3 Å². The Labute approximate surface area is 166 Å². The fraction of sp³-hybridized carbons (Fsp3) is 0.435. The lowest BCUT2D eigenvalue weighted by Crippen LogP contribution is -2.29. The highest BCUT2D eigenvalue weighted by atomic mass is 16.5. The van der Waals surface area contributed by atoms with Crippen molar-refractivity contribution in [2.45, 2.75) is 32.2 Å². The molecule has 0 atom stereocenters. The molecule has 0 radical (unpaired) electrons. The van der Waals surface area contributed by atoms with Gasteiger partial charge in [-0.25, -0.2) is 0 Å². The van der Waals surface area contributed by atoms with E-state index in [0.29, 0.717) is 36.8 Å². The van der Waals surface area contributed by atoms with Gasteiger partial charge in [0, 0.05) is 44.4 Å². The number of benzene rings is 2. The number of carbonyl (C=O) groups excluding carboxylic acids is 1. The minimum atomic E-state index is -0.0178. The molecule has 0 unspecified atom stereocenters. The van der Waals surface area contributed by atoms with Crippen molar-refractivity contribution in [2.75, 3.05) is 38.3 Å². The Balaban J connectivity index is 1.41. The van der Waals surface area contributed by atoms with Gasteiger partial charge in [-0.2, -0.15) is 0 Å². The first-order valence-corrected chi connectivity index (χ1v) is 10.2. The second kappa shape index (κ2) is 8.55. The summed E-state index contributed by atoms with van der Waals surface area (Å²) in [5, 5.41) is 0. The van der Waals surface area contributed by atoms with Gasteiger partial charge in [0.25, 0.3) is 5.91 Å². The van der Waals surface area contributed by atoms with Crippen molar-refractivity contribution < 1.29 is 14.3 Å². The smallest absolute Gasteiger partial charge is 0.254 e. The molecule has 4 rings (SSSR count). The first-order valence-electron chi connectivity index (χ1n) is 10.2. The van der Waals surface area contributed by atoms with Gasteiger partial charge in [0.2, 0.25) is 0 Å². The molecule has 0 saturated carbocycles. The quantitative estimate of drug-likeness (QED) is 0.801. The van der Waals surface area contributed by atoms with Crippen LogP contribution in [0.1, 0.15) is 41.6 Å². The first kappa shape index (κ1) is 18.7. The van der Waals surface area contributed by atoms with E-state index in [1.54, 1.807) is 11.0 Å². The normalized spacial score (nSPS) is 16.4. The number of carbonyl (C=O) groups is 1. The number of ether oxygens (including phenoxy) is 2. The molecule has 5 nitrogen and oxygen atoms in total. The molecule has 148 valence electrons. The third kappa shape index (κ3) is 4.24. The van der Waals surface area contributed by atoms with Crippen LogP contribution in [0.4, 0.5) is 5.69 Å². The SMILES string of the molecule is CN(Cc1ccc(N2CCCCC2)cc1)C(=O)c1ccc2c(c1)OCCCO2. The molecular formula is C23H28N2O3. The minimum Gasteiger partial charge on any atom is -0.490 e. The summed E-state index contributed by atoms with van der Waals surface area (Å²) < 4.78 is 11.4. The zero-order valence-corrected chi connectivity index (χ0v) is 16.5. The Bertz CT molecular complexity index is 813. The van der Waals surface area contributed by atoms with Crippen molar-refractivity contribution in [3.63, 3.8) is 0 Å². The summed E-state index contributed by atoms with van der Waals surface area (Å²) in [5.74, 6) is 1.35. The lowest BCUT2D eigenvalue weighted by atomic mass is 10.1. The van der Waals surface area contributed by atoms with Crippen LogP contribution in [-0.2, 0) is 6.54 Å². The van der Waals surface area contributed by atoms with E-state index in [-0.39, 0.29) is 5.91 Å². The highest BCUT2D eigenvalue weighted by Gasteiger charge is 2.17. The molecule has 0 aromatic heterocycles. The second-order valence-electron chi connectivity index (χ2n) is 7.59. The lowest BCUT2D eigenvalue weighted by Gasteiger charge is -2.29. The standard InChI is InChI=1S/C23H28N2O3/c1-24(17-18-6-9-20(10-7-18)25-12-3-2-4-13-25)23(26)19-8-11-21-22(16-19)28-15-5-14-27-21/h6-11,16H,2-5,12-15,17H2,1H3. The van der Waals surface area contributed by atoms with Crippen molar-refractivity contribution in [2.24, 2.45) is 0 Å². The van der Waals surface area contributed by atoms with E-state index in [2.05, 4.69) is 29.2 Å².